The summed E-state index contributed by atoms with van der Waals surface area (Å²) < 4.78 is 0. The highest BCUT2D eigenvalue weighted by Crippen LogP contribution is 2.49. The maximum Gasteiger partial charge on any atom is 0.0366 e. The van der Waals surface area contributed by atoms with Gasteiger partial charge in [-0.3, -0.25) is 0 Å². The minimum atomic E-state index is 0.686. The van der Waals surface area contributed by atoms with Crippen molar-refractivity contribution in [3.8, 4) is 0 Å². The molecule has 2 aliphatic rings. The van der Waals surface area contributed by atoms with Gasteiger partial charge in [-0.05, 0) is 49.7 Å². The molecule has 0 unspecified atom stereocenters. The van der Waals surface area contributed by atoms with Gasteiger partial charge in [0.15, 0.2) is 0 Å². The van der Waals surface area contributed by atoms with E-state index in [9.17, 15) is 0 Å². The molecule has 1 saturated carbocycles. The number of hydrogen-bond acceptors (Lipinski definition) is 2. The lowest BCUT2D eigenvalue weighted by Gasteiger charge is -2.34. The number of piperidine rings is 1. The lowest BCUT2D eigenvalue weighted by Crippen LogP contribution is -2.44. The summed E-state index contributed by atoms with van der Waals surface area (Å²) in [6, 6.07) is 11.6. The molecule has 0 amide bonds. The molecule has 1 heterocycles. The third-order valence-electron chi connectivity index (χ3n) is 5.12. The zero-order valence-electron chi connectivity index (χ0n) is 12.8. The van der Waals surface area contributed by atoms with Crippen molar-refractivity contribution in [3.63, 3.8) is 0 Å². The molecule has 2 heteroatoms. The summed E-state index contributed by atoms with van der Waals surface area (Å²) in [5.74, 6) is 0. The van der Waals surface area contributed by atoms with Crippen molar-refractivity contribution in [3.05, 3.63) is 30.3 Å². The molecule has 0 radical (unpaired) electrons. The van der Waals surface area contributed by atoms with Crippen LogP contribution in [0.1, 0.15) is 45.4 Å². The second-order valence-corrected chi connectivity index (χ2v) is 6.73. The Kier molecular flexibility index (Phi) is 4.30. The monoisotopic (exact) mass is 272 g/mol. The average molecular weight is 272 g/mol. The smallest absolute Gasteiger partial charge is 0.0366 e. The zero-order valence-corrected chi connectivity index (χ0v) is 12.8. The van der Waals surface area contributed by atoms with Crippen molar-refractivity contribution in [1.82, 2.24) is 5.32 Å². The van der Waals surface area contributed by atoms with E-state index in [1.807, 2.05) is 0 Å². The van der Waals surface area contributed by atoms with Gasteiger partial charge in [0.25, 0.3) is 0 Å². The van der Waals surface area contributed by atoms with Gasteiger partial charge in [-0.2, -0.15) is 0 Å². The largest absolute Gasteiger partial charge is 0.371 e. The van der Waals surface area contributed by atoms with Crippen LogP contribution >= 0.6 is 0 Å². The molecule has 0 atom stereocenters. The van der Waals surface area contributed by atoms with E-state index in [1.54, 1.807) is 0 Å². The van der Waals surface area contributed by atoms with Gasteiger partial charge in [-0.15, -0.1) is 0 Å². The number of benzene rings is 1. The first kappa shape index (κ1) is 13.9. The van der Waals surface area contributed by atoms with Crippen LogP contribution in [0.3, 0.4) is 0 Å². The molecule has 0 spiro atoms. The SMILES string of the molecule is CCCC1(CNC2CCN(c3ccccc3)CC2)CC1. The fourth-order valence-corrected chi connectivity index (χ4v) is 3.56. The third kappa shape index (κ3) is 3.35. The summed E-state index contributed by atoms with van der Waals surface area (Å²) in [5, 5.41) is 3.85. The Morgan fingerprint density at radius 3 is 2.45 bits per heavy atom. The van der Waals surface area contributed by atoms with Crippen molar-refractivity contribution >= 4 is 5.69 Å². The van der Waals surface area contributed by atoms with Gasteiger partial charge >= 0.3 is 0 Å². The fourth-order valence-electron chi connectivity index (χ4n) is 3.56. The van der Waals surface area contributed by atoms with Crippen molar-refractivity contribution < 1.29 is 0 Å². The van der Waals surface area contributed by atoms with Crippen LogP contribution in [0.25, 0.3) is 0 Å². The number of anilines is 1. The maximum absolute atomic E-state index is 3.85. The summed E-state index contributed by atoms with van der Waals surface area (Å²) in [6.07, 6.45) is 8.25. The van der Waals surface area contributed by atoms with E-state index < -0.39 is 0 Å². The first-order valence-corrected chi connectivity index (χ1v) is 8.35. The van der Waals surface area contributed by atoms with Gasteiger partial charge in [-0.25, -0.2) is 0 Å². The molecular weight excluding hydrogens is 244 g/mol. The van der Waals surface area contributed by atoms with E-state index in [4.69, 9.17) is 0 Å². The second-order valence-electron chi connectivity index (χ2n) is 6.73. The maximum atomic E-state index is 3.85. The van der Waals surface area contributed by atoms with E-state index in [2.05, 4.69) is 47.5 Å². The topological polar surface area (TPSA) is 15.3 Å². The van der Waals surface area contributed by atoms with Crippen molar-refractivity contribution in [1.29, 1.82) is 0 Å². The Labute approximate surface area is 123 Å². The number of rotatable bonds is 6. The molecule has 0 bridgehead atoms. The predicted octanol–water partition coefficient (Wildman–Crippen LogP) is 3.83. The molecule has 1 aliphatic heterocycles. The molecule has 1 saturated heterocycles. The molecule has 0 aromatic heterocycles. The minimum absolute atomic E-state index is 0.686. The summed E-state index contributed by atoms with van der Waals surface area (Å²) in [7, 11) is 0. The van der Waals surface area contributed by atoms with Gasteiger partial charge < -0.3 is 10.2 Å². The first-order valence-electron chi connectivity index (χ1n) is 8.35. The van der Waals surface area contributed by atoms with Crippen LogP contribution in [-0.4, -0.2) is 25.7 Å². The van der Waals surface area contributed by atoms with Gasteiger partial charge in [-0.1, -0.05) is 31.5 Å². The normalized spacial score (nSPS) is 21.9. The molecule has 3 rings (SSSR count). The van der Waals surface area contributed by atoms with Crippen LogP contribution in [0.4, 0.5) is 5.69 Å². The molecular formula is C18H28N2. The zero-order chi connectivity index (χ0) is 13.8. The average Bonchev–Trinajstić information content (AvgIpc) is 3.27. The molecule has 1 aliphatic carbocycles. The lowest BCUT2D eigenvalue weighted by atomic mass is 9.98. The Bertz CT molecular complexity index is 403. The van der Waals surface area contributed by atoms with Crippen LogP contribution in [0.5, 0.6) is 0 Å². The summed E-state index contributed by atoms with van der Waals surface area (Å²) in [4.78, 5) is 2.52. The van der Waals surface area contributed by atoms with Gasteiger partial charge in [0.1, 0.15) is 0 Å². The minimum Gasteiger partial charge on any atom is -0.371 e. The van der Waals surface area contributed by atoms with Crippen molar-refractivity contribution in [2.75, 3.05) is 24.5 Å². The predicted molar refractivity (Wildman–Crippen MR) is 86.3 cm³/mol. The van der Waals surface area contributed by atoms with Crippen molar-refractivity contribution in [2.24, 2.45) is 5.41 Å². The fraction of sp³-hybridized carbons (Fsp3) is 0.667. The van der Waals surface area contributed by atoms with Gasteiger partial charge in [0.2, 0.25) is 0 Å². The first-order chi connectivity index (χ1) is 9.81. The van der Waals surface area contributed by atoms with Crippen LogP contribution in [-0.2, 0) is 0 Å². The second kappa shape index (κ2) is 6.17. The molecule has 1 aromatic carbocycles. The highest BCUT2D eigenvalue weighted by molar-refractivity contribution is 5.46. The summed E-state index contributed by atoms with van der Waals surface area (Å²) >= 11 is 0. The highest BCUT2D eigenvalue weighted by Gasteiger charge is 2.41. The van der Waals surface area contributed by atoms with Gasteiger partial charge in [0, 0.05) is 31.4 Å². The highest BCUT2D eigenvalue weighted by atomic mass is 15.1. The van der Waals surface area contributed by atoms with Crippen LogP contribution in [0.2, 0.25) is 0 Å². The Morgan fingerprint density at radius 1 is 1.15 bits per heavy atom. The number of hydrogen-bond donors (Lipinski definition) is 1. The lowest BCUT2D eigenvalue weighted by molar-refractivity contribution is 0.350. The van der Waals surface area contributed by atoms with Crippen LogP contribution in [0.15, 0.2) is 30.3 Å². The van der Waals surface area contributed by atoms with Gasteiger partial charge in [0.05, 0.1) is 0 Å². The van der Waals surface area contributed by atoms with E-state index in [-0.39, 0.29) is 0 Å². The number of nitrogens with one attached hydrogen (secondary N) is 1. The Hall–Kier alpha value is -1.02. The van der Waals surface area contributed by atoms with Crippen LogP contribution in [0, 0.1) is 5.41 Å². The Balaban J connectivity index is 1.43. The molecule has 1 aromatic rings. The molecule has 110 valence electrons. The standard InChI is InChI=1S/C18H28N2/c1-2-10-18(11-12-18)15-19-16-8-13-20(14-9-16)17-6-4-3-5-7-17/h3-7,16,19H,2,8-15H2,1H3. The summed E-state index contributed by atoms with van der Waals surface area (Å²) in [5.41, 5.74) is 2.07. The van der Waals surface area contributed by atoms with E-state index in [1.165, 1.54) is 63.8 Å². The summed E-state index contributed by atoms with van der Waals surface area (Å²) in [6.45, 7) is 5.97. The molecule has 1 N–H and O–H groups in total. The van der Waals surface area contributed by atoms with E-state index >= 15 is 0 Å². The molecule has 20 heavy (non-hydrogen) atoms. The Morgan fingerprint density at radius 2 is 1.85 bits per heavy atom. The number of para-hydroxylation sites is 1. The third-order valence-corrected chi connectivity index (χ3v) is 5.12. The molecule has 2 nitrogen and oxygen atoms in total. The number of nitrogens with zero attached hydrogens (tertiary/aromatic N) is 1. The molecule has 2 fully saturated rings. The van der Waals surface area contributed by atoms with E-state index in [0.717, 1.165) is 6.04 Å². The quantitative estimate of drug-likeness (QED) is 0.847. The van der Waals surface area contributed by atoms with E-state index in [0.29, 0.717) is 5.41 Å². The van der Waals surface area contributed by atoms with Crippen molar-refractivity contribution in [2.45, 2.75) is 51.5 Å². The van der Waals surface area contributed by atoms with Crippen LogP contribution < -0.4 is 10.2 Å².